The number of thiophene rings is 8. The fraction of sp³-hybridized carbons (Fsp3) is 0.287. The van der Waals surface area contributed by atoms with Gasteiger partial charge < -0.3 is 76.8 Å². The Labute approximate surface area is 801 Å². The number of hydrogen-bond donors (Lipinski definition) is 0. The minimum absolute atomic E-state index is 0.0319. The van der Waals surface area contributed by atoms with Gasteiger partial charge in [0.15, 0.2) is 34.8 Å². The predicted octanol–water partition coefficient (Wildman–Crippen LogP) is 20.5. The summed E-state index contributed by atoms with van der Waals surface area (Å²) in [4.78, 5) is 132. The van der Waals surface area contributed by atoms with Gasteiger partial charge in [0, 0.05) is 153 Å². The third-order valence-electron chi connectivity index (χ3n) is 25.2. The van der Waals surface area contributed by atoms with E-state index in [0.29, 0.717) is 166 Å². The molecule has 0 radical (unpaired) electrons. The number of amides is 8. The second-order valence-electron chi connectivity index (χ2n) is 33.0. The van der Waals surface area contributed by atoms with Crippen LogP contribution in [-0.2, 0) is 52.5 Å². The van der Waals surface area contributed by atoms with Crippen LogP contribution in [0.2, 0.25) is 0 Å². The highest BCUT2D eigenvalue weighted by Gasteiger charge is 2.54. The molecule has 10 aliphatic rings. The van der Waals surface area contributed by atoms with Crippen molar-refractivity contribution in [3.05, 3.63) is 240 Å². The largest absolute Gasteiger partial charge is 0.485 e. The Morgan fingerprint density at radius 3 is 1.02 bits per heavy atom. The van der Waals surface area contributed by atoms with E-state index in [1.807, 2.05) is 115 Å². The summed E-state index contributed by atoms with van der Waals surface area (Å²) in [5, 5.41) is 14.1. The molecule has 10 aliphatic heterocycles. The van der Waals surface area contributed by atoms with Crippen molar-refractivity contribution in [1.82, 2.24) is 48.3 Å². The van der Waals surface area contributed by atoms with Crippen molar-refractivity contribution in [3.63, 3.8) is 0 Å². The zero-order valence-corrected chi connectivity index (χ0v) is 82.0. The van der Waals surface area contributed by atoms with Crippen LogP contribution in [0.25, 0.3) is 85.3 Å². The number of fused-ring (bicyclic) bond motifs is 8. The van der Waals surface area contributed by atoms with E-state index >= 15 is 0 Å². The number of methoxy groups -OCH3 is 2. The summed E-state index contributed by atoms with van der Waals surface area (Å²) < 4.78 is 39.9. The minimum atomic E-state index is -0.231. The van der Waals surface area contributed by atoms with Gasteiger partial charge in [0.1, 0.15) is 26.4 Å². The Kier molecular flexibility index (Phi) is 25.1. The molecule has 12 aromatic rings. The van der Waals surface area contributed by atoms with E-state index in [0.717, 1.165) is 136 Å². The second kappa shape index (κ2) is 37.2. The zero-order valence-electron chi connectivity index (χ0n) is 75.5. The van der Waals surface area contributed by atoms with Crippen molar-refractivity contribution in [2.24, 2.45) is 14.1 Å². The van der Waals surface area contributed by atoms with Crippen LogP contribution in [0.4, 0.5) is 0 Å². The average Bonchev–Trinajstić information content (AvgIpc) is 1.56. The first-order chi connectivity index (χ1) is 64.7. The first-order valence-corrected chi connectivity index (χ1v) is 51.3. The van der Waals surface area contributed by atoms with E-state index < -0.39 is 0 Å². The molecule has 0 bridgehead atoms. The highest BCUT2D eigenvalue weighted by Crippen LogP contribution is 2.58. The van der Waals surface area contributed by atoms with Crippen molar-refractivity contribution in [2.45, 2.75) is 85.5 Å². The Bertz CT molecular complexity index is 6760. The number of benzene rings is 2. The van der Waals surface area contributed by atoms with Gasteiger partial charge in [-0.05, 0) is 97.1 Å². The Morgan fingerprint density at radius 2 is 0.647 bits per heavy atom. The first-order valence-electron chi connectivity index (χ1n) is 44.4. The molecule has 0 saturated carbocycles. The summed E-state index contributed by atoms with van der Waals surface area (Å²) >= 11 is 12.8. The van der Waals surface area contributed by atoms with Gasteiger partial charge in [0.25, 0.3) is 47.3 Å². The fourth-order valence-electron chi connectivity index (χ4n) is 18.7. The molecule has 682 valence electrons. The lowest BCUT2D eigenvalue weighted by molar-refractivity contribution is -0.124. The van der Waals surface area contributed by atoms with Crippen LogP contribution in [0.3, 0.4) is 0 Å². The molecule has 0 spiro atoms. The number of hydrogen-bond acceptors (Lipinski definition) is 22. The molecular formula is C101H96N10O14S8. The van der Waals surface area contributed by atoms with E-state index in [9.17, 15) is 38.4 Å². The van der Waals surface area contributed by atoms with Gasteiger partial charge in [-0.25, -0.2) is 0 Å². The number of likely N-dealkylation sites (N-methyl/N-ethyl adjacent to an activating group) is 4. The van der Waals surface area contributed by atoms with Crippen LogP contribution in [0.15, 0.2) is 198 Å². The monoisotopic (exact) mass is 1930 g/mol. The van der Waals surface area contributed by atoms with Crippen molar-refractivity contribution in [2.75, 3.05) is 95.0 Å². The molecule has 2 aromatic carbocycles. The molecule has 0 saturated heterocycles. The lowest BCUT2D eigenvalue weighted by Crippen LogP contribution is -2.31. The van der Waals surface area contributed by atoms with Gasteiger partial charge in [0.2, 0.25) is 0 Å². The molecule has 24 nitrogen and oxygen atoms in total. The smallest absolute Gasteiger partial charge is 0.261 e. The van der Waals surface area contributed by atoms with Crippen LogP contribution >= 0.6 is 90.7 Å². The zero-order chi connectivity index (χ0) is 92.6. The van der Waals surface area contributed by atoms with E-state index in [2.05, 4.69) is 99.1 Å². The van der Waals surface area contributed by atoms with Gasteiger partial charge in [-0.15, -0.1) is 90.7 Å². The van der Waals surface area contributed by atoms with Crippen LogP contribution < -0.4 is 28.4 Å². The summed E-state index contributed by atoms with van der Waals surface area (Å²) in [5.41, 5.74) is 12.9. The third kappa shape index (κ3) is 15.1. The van der Waals surface area contributed by atoms with E-state index in [4.69, 9.17) is 28.4 Å². The van der Waals surface area contributed by atoms with E-state index in [1.165, 1.54) is 47.1 Å². The first kappa shape index (κ1) is 89.8. The van der Waals surface area contributed by atoms with Crippen molar-refractivity contribution < 1.29 is 66.8 Å². The molecule has 0 aliphatic carbocycles. The maximum Gasteiger partial charge on any atom is 0.261 e. The Morgan fingerprint density at radius 1 is 0.308 bits per heavy atom. The highest BCUT2D eigenvalue weighted by atomic mass is 32.1. The standard InChI is InChI=1S/C31H30N2O2S4.C26H34N4O4.C24H16N2O2S2.C20H16N2O6S2/c1-3-5-7-17-33-29(25-15-13-23(39-25)21-11-9-19-37-21)27-26(31(33)35)28(32(30(27)34)16-6-4-2)24-14-12-22(38-24)20-10-8-18-36-20;1-7-9-15-29-23(17-11-13-19(33-5)27(17)3)21-22(25(29)31)24(30(26(21)32)16-10-8-2)18-12-14-20(34-6)28(18)4;1-25-21(15-11-29-17-9-5-3-7-13(15)17)19-20(23(25)27)22(26(2)24(19)28)16-12-30-18-10-6-4-8-14(16)18;1-21-13(17-15-9(7-29-17)25-3-5-27-15)11-12(19(21)23)14(22(2)20(11)24)18-16-10(8-30-18)26-4-6-28-16/h8-15,18-19H,3-7,16-17H2,1-2H3;11-14H,7-10,15-16H2,1-6H3;3-12H,1-2H3;7-8H,3-6H2,1-2H3. The topological polar surface area (TPSA) is 228 Å². The average molecular weight is 1930 g/mol. The van der Waals surface area contributed by atoms with Crippen molar-refractivity contribution >= 4 is 204 Å². The number of unbranched alkanes of at least 4 members (excludes halogenated alkanes) is 5. The maximum atomic E-state index is 14.2. The highest BCUT2D eigenvalue weighted by molar-refractivity contribution is 7.23. The molecular weight excluding hydrogens is 1830 g/mol. The summed E-state index contributed by atoms with van der Waals surface area (Å²) in [5.74, 6) is 2.77. The van der Waals surface area contributed by atoms with Gasteiger partial charge in [-0.3, -0.25) is 38.4 Å². The van der Waals surface area contributed by atoms with E-state index in [-0.39, 0.29) is 47.3 Å². The van der Waals surface area contributed by atoms with Gasteiger partial charge in [-0.2, -0.15) is 0 Å². The molecule has 10 aromatic heterocycles. The van der Waals surface area contributed by atoms with E-state index in [1.54, 1.807) is 130 Å². The number of rotatable bonds is 25. The lowest BCUT2D eigenvalue weighted by atomic mass is 10.0. The molecule has 0 unspecified atom stereocenters. The summed E-state index contributed by atoms with van der Waals surface area (Å²) in [6.07, 6.45) is 8.50. The quantitative estimate of drug-likeness (QED) is 0.0485. The number of nitrogens with zero attached hydrogens (tertiary/aromatic N) is 10. The third-order valence-corrected chi connectivity index (χ3v) is 33.3. The number of carbonyl (C=O) groups excluding carboxylic acids is 8. The molecule has 22 rings (SSSR count). The maximum absolute atomic E-state index is 14.2. The number of carbonyl (C=O) groups is 8. The minimum Gasteiger partial charge on any atom is -0.485 e. The molecule has 0 fully saturated rings. The summed E-state index contributed by atoms with van der Waals surface area (Å²) in [6.45, 7) is 12.7. The SMILES string of the molecule is CCCCCN1C(=O)C2=C(c3ccc(-c4cccs4)s3)N(CCCC)C(=O)C2=C1c1ccc(-c2cccs2)s1.CCCCN1C(=O)C2=C(c3ccc(OC)n3C)N(CCCC)C(=O)C2=C1c1ccc(OC)n1C.CN1C(=O)C2=C(c3csc4ccccc34)N(C)C(=O)C2=C1c1csc2ccccc12.CN1C(=O)C2=C(c3scc4c3OCCO4)N(C)C(=O)C2=C1c1scc2c1OCCO2. The summed E-state index contributed by atoms with van der Waals surface area (Å²) in [7, 11) is 13.9. The molecule has 133 heavy (non-hydrogen) atoms. The Balaban J connectivity index is 0.000000115. The predicted molar refractivity (Wildman–Crippen MR) is 531 cm³/mol. The number of ether oxygens (including phenoxy) is 6. The number of aromatic nitrogens is 2. The fourth-order valence-corrected chi connectivity index (χ4v) is 26.4. The van der Waals surface area contributed by atoms with Crippen molar-refractivity contribution in [1.29, 1.82) is 0 Å². The van der Waals surface area contributed by atoms with Crippen LogP contribution in [0.5, 0.6) is 34.8 Å². The van der Waals surface area contributed by atoms with Crippen molar-refractivity contribution in [3.8, 4) is 54.3 Å². The molecule has 20 heterocycles. The van der Waals surface area contributed by atoms with Crippen LogP contribution in [-0.4, -0.2) is 191 Å². The van der Waals surface area contributed by atoms with Crippen LogP contribution in [0.1, 0.15) is 128 Å². The lowest BCUT2D eigenvalue weighted by Gasteiger charge is -2.25. The normalized spacial score (nSPS) is 16.8. The second-order valence-corrected chi connectivity index (χ2v) is 40.6. The van der Waals surface area contributed by atoms with Gasteiger partial charge in [0.05, 0.1) is 135 Å². The molecule has 32 heteroatoms. The van der Waals surface area contributed by atoms with Crippen LogP contribution in [0, 0.1) is 0 Å². The molecule has 8 amide bonds. The molecule has 0 N–H and O–H groups in total. The van der Waals surface area contributed by atoms with Gasteiger partial charge >= 0.3 is 0 Å². The Hall–Kier alpha value is -12.4. The summed E-state index contributed by atoms with van der Waals surface area (Å²) in [6, 6.07) is 40.6. The van der Waals surface area contributed by atoms with Gasteiger partial charge in [-0.1, -0.05) is 108 Å². The molecule has 0 atom stereocenters.